The molecule has 0 saturated heterocycles. The number of benzene rings is 3. The Labute approximate surface area is 186 Å². The van der Waals surface area contributed by atoms with Crippen LogP contribution in [0.3, 0.4) is 0 Å². The van der Waals surface area contributed by atoms with Crippen molar-refractivity contribution in [3.63, 3.8) is 0 Å². The van der Waals surface area contributed by atoms with Crippen LogP contribution < -0.4 is 10.2 Å². The molecule has 0 spiro atoms. The third-order valence-corrected chi connectivity index (χ3v) is 4.66. The lowest BCUT2D eigenvalue weighted by atomic mass is 10.2. The number of halogens is 3. The molecule has 0 atom stereocenters. The third kappa shape index (κ3) is 4.91. The van der Waals surface area contributed by atoms with E-state index in [9.17, 15) is 4.79 Å². The van der Waals surface area contributed by atoms with Gasteiger partial charge in [0.1, 0.15) is 11.5 Å². The minimum Gasteiger partial charge on any atom is -0.457 e. The summed E-state index contributed by atoms with van der Waals surface area (Å²) in [7, 11) is 0. The van der Waals surface area contributed by atoms with E-state index >= 15 is 0 Å². The molecule has 9 heteroatoms. The van der Waals surface area contributed by atoms with Gasteiger partial charge in [-0.1, -0.05) is 34.8 Å². The Morgan fingerprint density at radius 3 is 2.40 bits per heavy atom. The zero-order valence-corrected chi connectivity index (χ0v) is 17.5. The Morgan fingerprint density at radius 2 is 1.67 bits per heavy atom. The average Bonchev–Trinajstić information content (AvgIpc) is 3.12. The predicted molar refractivity (Wildman–Crippen MR) is 119 cm³/mol. The van der Waals surface area contributed by atoms with Gasteiger partial charge in [-0.05, 0) is 66.2 Å². The number of hydrogen-bond acceptors (Lipinski definition) is 4. The van der Waals surface area contributed by atoms with Gasteiger partial charge in [0, 0.05) is 15.1 Å². The molecule has 3 aromatic carbocycles. The first-order valence-electron chi connectivity index (χ1n) is 8.69. The molecule has 30 heavy (non-hydrogen) atoms. The minimum atomic E-state index is -0.462. The number of fused-ring (bicyclic) bond motifs is 1. The Morgan fingerprint density at radius 1 is 0.933 bits per heavy atom. The second-order valence-corrected chi connectivity index (χ2v) is 7.53. The van der Waals surface area contributed by atoms with Crippen molar-refractivity contribution in [1.82, 2.24) is 15.4 Å². The lowest BCUT2D eigenvalue weighted by molar-refractivity contribution is 0.0946. The first kappa shape index (κ1) is 20.2. The van der Waals surface area contributed by atoms with E-state index in [1.165, 1.54) is 6.21 Å². The van der Waals surface area contributed by atoms with Crippen molar-refractivity contribution in [3.8, 4) is 11.5 Å². The van der Waals surface area contributed by atoms with Crippen molar-refractivity contribution in [2.45, 2.75) is 0 Å². The summed E-state index contributed by atoms with van der Waals surface area (Å²) in [6, 6.07) is 17.2. The number of carbonyl (C=O) groups is 1. The van der Waals surface area contributed by atoms with E-state index in [1.54, 1.807) is 60.7 Å². The molecule has 4 rings (SSSR count). The summed E-state index contributed by atoms with van der Waals surface area (Å²) in [6.45, 7) is 0. The summed E-state index contributed by atoms with van der Waals surface area (Å²) >= 11 is 17.9. The maximum Gasteiger partial charge on any atom is 0.307 e. The van der Waals surface area contributed by atoms with E-state index in [4.69, 9.17) is 39.5 Å². The van der Waals surface area contributed by atoms with Crippen LogP contribution in [-0.2, 0) is 0 Å². The molecule has 6 nitrogen and oxygen atoms in total. The van der Waals surface area contributed by atoms with Crippen molar-refractivity contribution in [3.05, 3.63) is 87.1 Å². The Bertz CT molecular complexity index is 1230. The van der Waals surface area contributed by atoms with E-state index in [-0.39, 0.29) is 5.82 Å². The first-order valence-corrected chi connectivity index (χ1v) is 9.82. The van der Waals surface area contributed by atoms with E-state index in [2.05, 4.69) is 20.5 Å². The summed E-state index contributed by atoms with van der Waals surface area (Å²) < 4.78 is 5.73. The Balaban J connectivity index is 1.38. The largest absolute Gasteiger partial charge is 0.457 e. The van der Waals surface area contributed by atoms with Gasteiger partial charge in [-0.15, -0.1) is 0 Å². The topological polar surface area (TPSA) is 79.4 Å². The zero-order valence-electron chi connectivity index (χ0n) is 15.2. The predicted octanol–water partition coefficient (Wildman–Crippen LogP) is 6.08. The van der Waals surface area contributed by atoms with Crippen molar-refractivity contribution in [2.75, 3.05) is 0 Å². The van der Waals surface area contributed by atoms with Crippen LogP contribution >= 0.6 is 34.8 Å². The maximum atomic E-state index is 12.2. The minimum absolute atomic E-state index is 0.147. The lowest BCUT2D eigenvalue weighted by Gasteiger charge is -2.07. The molecule has 0 fully saturated rings. The number of hydrazone groups is 1. The van der Waals surface area contributed by atoms with Gasteiger partial charge in [0.25, 0.3) is 0 Å². The van der Waals surface area contributed by atoms with Crippen LogP contribution in [0.4, 0.5) is 0 Å². The average molecular weight is 460 g/mol. The number of nitrogens with zero attached hydrogens (tertiary/aromatic N) is 2. The number of nitrogens with one attached hydrogen (secondary N) is 2. The highest BCUT2D eigenvalue weighted by atomic mass is 35.5. The number of imidazole rings is 1. The van der Waals surface area contributed by atoms with Crippen LogP contribution in [0.5, 0.6) is 11.5 Å². The number of rotatable bonds is 5. The summed E-state index contributed by atoms with van der Waals surface area (Å²) in [6.07, 6.45) is 1.51. The van der Waals surface area contributed by atoms with Crippen molar-refractivity contribution < 1.29 is 9.53 Å². The lowest BCUT2D eigenvalue weighted by Crippen LogP contribution is -2.19. The fraction of sp³-hybridized carbons (Fsp3) is 0. The van der Waals surface area contributed by atoms with E-state index < -0.39 is 5.91 Å². The zero-order chi connectivity index (χ0) is 21.1. The Hall–Kier alpha value is -3.06. The van der Waals surface area contributed by atoms with Gasteiger partial charge >= 0.3 is 5.91 Å². The van der Waals surface area contributed by atoms with E-state index in [0.717, 1.165) is 5.56 Å². The molecule has 0 aliphatic carbocycles. The van der Waals surface area contributed by atoms with E-state index in [0.29, 0.717) is 37.6 Å². The molecule has 0 bridgehead atoms. The summed E-state index contributed by atoms with van der Waals surface area (Å²) in [5.74, 6) is 0.827. The smallest absolute Gasteiger partial charge is 0.307 e. The fourth-order valence-corrected chi connectivity index (χ4v) is 3.33. The van der Waals surface area contributed by atoms with Gasteiger partial charge < -0.3 is 9.72 Å². The maximum absolute atomic E-state index is 12.2. The normalized spacial score (nSPS) is 11.2. The highest BCUT2D eigenvalue weighted by Crippen LogP contribution is 2.28. The van der Waals surface area contributed by atoms with Crippen LogP contribution in [0.15, 0.2) is 65.8 Å². The van der Waals surface area contributed by atoms with Crippen LogP contribution in [0, 0.1) is 0 Å². The monoisotopic (exact) mass is 458 g/mol. The molecule has 0 saturated carbocycles. The molecular weight excluding hydrogens is 447 g/mol. The Kier molecular flexibility index (Phi) is 5.90. The van der Waals surface area contributed by atoms with Crippen molar-refractivity contribution >= 4 is 58.0 Å². The molecule has 0 aliphatic rings. The number of carbonyl (C=O) groups excluding carboxylic acids is 1. The number of ether oxygens (including phenoxy) is 1. The number of hydrogen-bond donors (Lipinski definition) is 2. The molecule has 150 valence electrons. The second-order valence-electron chi connectivity index (χ2n) is 6.22. The van der Waals surface area contributed by atoms with Gasteiger partial charge in [-0.3, -0.25) is 4.79 Å². The first-order chi connectivity index (χ1) is 14.5. The van der Waals surface area contributed by atoms with Gasteiger partial charge in [0.05, 0.1) is 17.2 Å². The molecular formula is C21H13Cl3N4O2. The third-order valence-electron chi connectivity index (χ3n) is 3.99. The fourth-order valence-electron chi connectivity index (χ4n) is 2.65. The van der Waals surface area contributed by atoms with Gasteiger partial charge in [-0.2, -0.15) is 5.10 Å². The van der Waals surface area contributed by atoms with Crippen LogP contribution in [0.2, 0.25) is 15.1 Å². The summed E-state index contributed by atoms with van der Waals surface area (Å²) in [5.41, 5.74) is 4.52. The number of amides is 1. The van der Waals surface area contributed by atoms with Gasteiger partial charge in [0.15, 0.2) is 5.82 Å². The van der Waals surface area contributed by atoms with Gasteiger partial charge in [0.2, 0.25) is 0 Å². The molecule has 1 heterocycles. The quantitative estimate of drug-likeness (QED) is 0.280. The summed E-state index contributed by atoms with van der Waals surface area (Å²) in [5, 5.41) is 5.49. The van der Waals surface area contributed by atoms with Crippen molar-refractivity contribution in [1.29, 1.82) is 0 Å². The van der Waals surface area contributed by atoms with Gasteiger partial charge in [-0.25, -0.2) is 10.4 Å². The summed E-state index contributed by atoms with van der Waals surface area (Å²) in [4.78, 5) is 19.3. The van der Waals surface area contributed by atoms with Crippen molar-refractivity contribution in [2.24, 2.45) is 5.10 Å². The SMILES string of the molecule is O=C(N/N=C/c1ccc(Oc2cc(Cl)cc(Cl)c2)cc1)c1nc2ccc(Cl)cc2[nH]1. The number of H-pyrrole nitrogens is 1. The molecule has 1 amide bonds. The highest BCUT2D eigenvalue weighted by Gasteiger charge is 2.10. The standard InChI is InChI=1S/C21H13Cl3N4O2/c22-13-3-6-18-19(10-13)27-20(26-18)21(29)28-25-11-12-1-4-16(5-2-12)30-17-8-14(23)7-15(24)9-17/h1-11H,(H,26,27)(H,28,29)/b25-11+. The number of aromatic nitrogens is 2. The molecule has 4 aromatic rings. The molecule has 2 N–H and O–H groups in total. The molecule has 0 radical (unpaired) electrons. The van der Waals surface area contributed by atoms with Crippen LogP contribution in [0.1, 0.15) is 16.2 Å². The highest BCUT2D eigenvalue weighted by molar-refractivity contribution is 6.34. The molecule has 0 aliphatic heterocycles. The number of aromatic amines is 1. The molecule has 0 unspecified atom stereocenters. The van der Waals surface area contributed by atoms with E-state index in [1.807, 2.05) is 0 Å². The van der Waals surface area contributed by atoms with Crippen LogP contribution in [-0.4, -0.2) is 22.1 Å². The van der Waals surface area contributed by atoms with Crippen LogP contribution in [0.25, 0.3) is 11.0 Å². The second kappa shape index (κ2) is 8.75. The molecule has 1 aromatic heterocycles.